The van der Waals surface area contributed by atoms with Gasteiger partial charge in [-0.3, -0.25) is 0 Å². The van der Waals surface area contributed by atoms with E-state index in [0.29, 0.717) is 50.1 Å². The summed E-state index contributed by atoms with van der Waals surface area (Å²) in [6.07, 6.45) is 0.704. The van der Waals surface area contributed by atoms with Crippen molar-refractivity contribution in [3.8, 4) is 17.2 Å². The number of benzene rings is 4. The lowest BCUT2D eigenvalue weighted by Crippen LogP contribution is -2.17. The quantitative estimate of drug-likeness (QED) is 0.112. The zero-order valence-corrected chi connectivity index (χ0v) is 28.2. The van der Waals surface area contributed by atoms with Crippen molar-refractivity contribution in [1.82, 2.24) is 0 Å². The topological polar surface area (TPSA) is 78.9 Å². The number of hydrogen-bond acceptors (Lipinski definition) is 6. The van der Waals surface area contributed by atoms with E-state index in [1.54, 1.807) is 36.4 Å². The molecule has 15 heteroatoms. The third kappa shape index (κ3) is 9.22. The zero-order valence-electron chi connectivity index (χ0n) is 28.2. The molecular formula is C36H27B9O6. The maximum Gasteiger partial charge on any atom is 0.343 e. The van der Waals surface area contributed by atoms with Crippen LogP contribution in [0.15, 0.2) is 54.6 Å². The molecule has 0 aliphatic rings. The number of esters is 3. The van der Waals surface area contributed by atoms with Crippen molar-refractivity contribution in [3.63, 3.8) is 0 Å². The Morgan fingerprint density at radius 1 is 0.353 bits per heavy atom. The minimum atomic E-state index is -0.802. The van der Waals surface area contributed by atoms with Crippen molar-refractivity contribution in [1.29, 1.82) is 0 Å². The molecule has 4 aromatic rings. The van der Waals surface area contributed by atoms with Crippen LogP contribution in [0.3, 0.4) is 0 Å². The fourth-order valence-corrected chi connectivity index (χ4v) is 5.77. The van der Waals surface area contributed by atoms with Crippen molar-refractivity contribution in [2.75, 3.05) is 0 Å². The Bertz CT molecular complexity index is 1700. The number of ether oxygens (including phenoxy) is 3. The largest absolute Gasteiger partial charge is 0.423 e. The molecule has 0 spiro atoms. The standard InChI is InChI=1S/C36H27B9O6/c37-10-19-1-22(13-40)31(16-43)28(4-19)34(46)49-25-7-26(50-35(47)29-5-20(11-38)2-23(14-41)32(29)17-44)9-27(8-25)51-36(48)30-6-21(12-39)3-24(15-42)33(30)18-45/h1-9H,10-18H2. The number of hydrogen-bond donors (Lipinski definition) is 0. The summed E-state index contributed by atoms with van der Waals surface area (Å²) in [5.74, 6) is -2.79. The van der Waals surface area contributed by atoms with Gasteiger partial charge in [-0.1, -0.05) is 108 Å². The zero-order chi connectivity index (χ0) is 37.2. The van der Waals surface area contributed by atoms with Gasteiger partial charge in [0.2, 0.25) is 0 Å². The van der Waals surface area contributed by atoms with Crippen molar-refractivity contribution < 1.29 is 28.6 Å². The van der Waals surface area contributed by atoms with Crippen LogP contribution in [0.25, 0.3) is 0 Å². The van der Waals surface area contributed by atoms with Crippen molar-refractivity contribution >= 4 is 88.5 Å². The van der Waals surface area contributed by atoms with E-state index in [2.05, 4.69) is 0 Å². The molecular weight excluding hydrogens is 626 g/mol. The maximum absolute atomic E-state index is 13.6. The van der Waals surface area contributed by atoms with Crippen LogP contribution in [0.1, 0.15) is 81.1 Å². The molecule has 0 saturated carbocycles. The van der Waals surface area contributed by atoms with Gasteiger partial charge in [-0.25, -0.2) is 14.4 Å². The van der Waals surface area contributed by atoms with Gasteiger partial charge in [0.15, 0.2) is 0 Å². The highest BCUT2D eigenvalue weighted by Crippen LogP contribution is 2.32. The van der Waals surface area contributed by atoms with Crippen LogP contribution < -0.4 is 14.2 Å². The average molecular weight is 653 g/mol. The number of carbonyl (C=O) groups excluding carboxylic acids is 3. The van der Waals surface area contributed by atoms with Gasteiger partial charge >= 0.3 is 17.9 Å². The van der Waals surface area contributed by atoms with Crippen LogP contribution in [0.4, 0.5) is 0 Å². The molecule has 0 fully saturated rings. The molecule has 0 N–H and O–H groups in total. The van der Waals surface area contributed by atoms with E-state index in [-0.39, 0.29) is 90.8 Å². The van der Waals surface area contributed by atoms with E-state index >= 15 is 0 Å². The summed E-state index contributed by atoms with van der Waals surface area (Å²) in [5, 5.41) is 0. The summed E-state index contributed by atoms with van der Waals surface area (Å²) in [5.41, 5.74) is 5.64. The third-order valence-corrected chi connectivity index (χ3v) is 8.33. The highest BCUT2D eigenvalue weighted by molar-refractivity contribution is 6.14. The molecule has 0 unspecified atom stereocenters. The number of carbonyl (C=O) groups is 3. The Morgan fingerprint density at radius 3 is 0.804 bits per heavy atom. The van der Waals surface area contributed by atoms with Gasteiger partial charge < -0.3 is 14.2 Å². The lowest BCUT2D eigenvalue weighted by atomic mass is 9.81. The summed E-state index contributed by atoms with van der Waals surface area (Å²) < 4.78 is 17.3. The highest BCUT2D eigenvalue weighted by atomic mass is 16.6. The second-order valence-corrected chi connectivity index (χ2v) is 11.5. The fourth-order valence-electron chi connectivity index (χ4n) is 5.77. The molecule has 0 heterocycles. The lowest BCUT2D eigenvalue weighted by molar-refractivity contribution is 0.0729. The van der Waals surface area contributed by atoms with Crippen molar-refractivity contribution in [2.45, 2.75) is 56.9 Å². The van der Waals surface area contributed by atoms with Gasteiger partial charge in [-0.05, 0) is 34.9 Å². The number of rotatable bonds is 15. The molecule has 0 aliphatic carbocycles. The first-order valence-corrected chi connectivity index (χ1v) is 16.1. The summed E-state index contributed by atoms with van der Waals surface area (Å²) >= 11 is 0. The third-order valence-electron chi connectivity index (χ3n) is 8.33. The van der Waals surface area contributed by atoms with Crippen molar-refractivity contribution in [2.24, 2.45) is 0 Å². The Kier molecular flexibility index (Phi) is 14.3. The Labute approximate surface area is 311 Å². The minimum Gasteiger partial charge on any atom is -0.423 e. The van der Waals surface area contributed by atoms with Crippen LogP contribution in [-0.2, 0) is 56.9 Å². The van der Waals surface area contributed by atoms with Crippen LogP contribution in [0.2, 0.25) is 0 Å². The van der Waals surface area contributed by atoms with E-state index in [9.17, 15) is 14.4 Å². The van der Waals surface area contributed by atoms with Crippen LogP contribution in [-0.4, -0.2) is 88.5 Å². The lowest BCUT2D eigenvalue weighted by Gasteiger charge is -2.17. The van der Waals surface area contributed by atoms with Gasteiger partial charge in [0.05, 0.1) is 87.3 Å². The normalized spacial score (nSPS) is 10.8. The van der Waals surface area contributed by atoms with Crippen LogP contribution in [0, 0.1) is 0 Å². The minimum absolute atomic E-state index is 0.00537. The van der Waals surface area contributed by atoms with Gasteiger partial charge in [-0.15, -0.1) is 0 Å². The van der Waals surface area contributed by atoms with Crippen LogP contribution >= 0.6 is 0 Å². The molecule has 0 amide bonds. The van der Waals surface area contributed by atoms with Crippen LogP contribution in [0.5, 0.6) is 17.2 Å². The monoisotopic (exact) mass is 654 g/mol. The Morgan fingerprint density at radius 2 is 0.608 bits per heavy atom. The van der Waals surface area contributed by atoms with Gasteiger partial charge in [0.1, 0.15) is 17.2 Å². The highest BCUT2D eigenvalue weighted by Gasteiger charge is 2.22. The maximum atomic E-state index is 13.6. The molecule has 18 radical (unpaired) electrons. The molecule has 4 rings (SSSR count). The molecule has 0 bridgehead atoms. The predicted octanol–water partition coefficient (Wildman–Crippen LogP) is 2.36. The summed E-state index contributed by atoms with van der Waals surface area (Å²) in [6.45, 7) is 0. The molecule has 0 atom stereocenters. The van der Waals surface area contributed by atoms with E-state index in [1.165, 1.54) is 18.2 Å². The fraction of sp³-hybridized carbons (Fsp3) is 0.250. The first kappa shape index (κ1) is 39.7. The molecule has 51 heavy (non-hydrogen) atoms. The van der Waals surface area contributed by atoms with E-state index < -0.39 is 17.9 Å². The Balaban J connectivity index is 1.80. The first-order chi connectivity index (χ1) is 24.6. The smallest absolute Gasteiger partial charge is 0.343 e. The van der Waals surface area contributed by atoms with Gasteiger partial charge in [0.25, 0.3) is 0 Å². The molecule has 0 aromatic heterocycles. The second-order valence-electron chi connectivity index (χ2n) is 11.5. The van der Waals surface area contributed by atoms with Crippen molar-refractivity contribution in [3.05, 3.63) is 121 Å². The second kappa shape index (κ2) is 18.4. The van der Waals surface area contributed by atoms with E-state index in [1.807, 2.05) is 0 Å². The molecule has 0 saturated heterocycles. The van der Waals surface area contributed by atoms with Gasteiger partial charge in [-0.2, -0.15) is 0 Å². The van der Waals surface area contributed by atoms with E-state index in [0.717, 1.165) is 0 Å². The first-order valence-electron chi connectivity index (χ1n) is 16.1. The molecule has 4 aromatic carbocycles. The summed E-state index contributed by atoms with van der Waals surface area (Å²) in [4.78, 5) is 40.9. The molecule has 6 nitrogen and oxygen atoms in total. The molecule has 234 valence electrons. The van der Waals surface area contributed by atoms with E-state index in [4.69, 9.17) is 84.8 Å². The van der Waals surface area contributed by atoms with Gasteiger partial charge in [0, 0.05) is 18.2 Å². The SMILES string of the molecule is [B]Cc1cc(C[B])c(C[B])c(C(=O)Oc2cc(OC(=O)c3cc(C[B])cc(C[B])c3C[B])cc(OC(=O)c3cc(C[B])cc(C[B])c3C[B])c2)c1. The summed E-state index contributed by atoms with van der Waals surface area (Å²) in [6, 6.07) is 13.9. The summed E-state index contributed by atoms with van der Waals surface area (Å²) in [7, 11) is 53.3. The predicted molar refractivity (Wildman–Crippen MR) is 206 cm³/mol. The Hall–Kier alpha value is -4.13. The average Bonchev–Trinajstić information content (AvgIpc) is 3.15. The molecule has 0 aliphatic heterocycles.